The molecule has 0 spiro atoms. The van der Waals surface area contributed by atoms with Crippen molar-refractivity contribution in [3.63, 3.8) is 0 Å². The average Bonchev–Trinajstić information content (AvgIpc) is 2.85. The van der Waals surface area contributed by atoms with Crippen molar-refractivity contribution in [3.05, 3.63) is 11.7 Å². The molecule has 1 unspecified atom stereocenters. The van der Waals surface area contributed by atoms with E-state index >= 15 is 0 Å². The summed E-state index contributed by atoms with van der Waals surface area (Å²) >= 11 is 0. The van der Waals surface area contributed by atoms with Crippen LogP contribution in [0.25, 0.3) is 0 Å². The van der Waals surface area contributed by atoms with Gasteiger partial charge >= 0.3 is 0 Å². The summed E-state index contributed by atoms with van der Waals surface area (Å²) in [5.74, 6) is 4.39. The largest absolute Gasteiger partial charge is 0.339 e. The van der Waals surface area contributed by atoms with Gasteiger partial charge in [0.15, 0.2) is 5.82 Å². The Morgan fingerprint density at radius 1 is 1.19 bits per heavy atom. The fourth-order valence-corrected chi connectivity index (χ4v) is 5.54. The van der Waals surface area contributed by atoms with Gasteiger partial charge in [-0.05, 0) is 75.0 Å². The quantitative estimate of drug-likeness (QED) is 0.922. The summed E-state index contributed by atoms with van der Waals surface area (Å²) in [5.41, 5.74) is 6.21. The lowest BCUT2D eigenvalue weighted by atomic mass is 9.49. The van der Waals surface area contributed by atoms with Gasteiger partial charge in [0, 0.05) is 6.42 Å². The third-order valence-electron chi connectivity index (χ3n) is 6.40. The first-order chi connectivity index (χ1) is 9.98. The molecule has 4 nitrogen and oxygen atoms in total. The SMILES string of the molecule is CCC(C)(N)c1noc(CC23CC4CC(CC(C4)C2)C3)n1. The van der Waals surface area contributed by atoms with Crippen LogP contribution in [0, 0.1) is 23.2 Å². The predicted molar refractivity (Wildman–Crippen MR) is 80.4 cm³/mol. The third-order valence-corrected chi connectivity index (χ3v) is 6.40. The fraction of sp³-hybridized carbons (Fsp3) is 0.882. The zero-order chi connectivity index (χ0) is 14.7. The van der Waals surface area contributed by atoms with Crippen LogP contribution in [0.3, 0.4) is 0 Å². The van der Waals surface area contributed by atoms with Crippen molar-refractivity contribution in [1.82, 2.24) is 10.1 Å². The summed E-state index contributed by atoms with van der Waals surface area (Å²) in [5, 5.41) is 4.15. The molecule has 4 aliphatic carbocycles. The summed E-state index contributed by atoms with van der Waals surface area (Å²) in [6.07, 6.45) is 10.4. The topological polar surface area (TPSA) is 64.9 Å². The molecular formula is C17H27N3O. The molecule has 4 aliphatic rings. The van der Waals surface area contributed by atoms with Gasteiger partial charge in [-0.3, -0.25) is 0 Å². The molecule has 1 aromatic rings. The maximum Gasteiger partial charge on any atom is 0.227 e. The third kappa shape index (κ3) is 2.32. The molecule has 116 valence electrons. The van der Waals surface area contributed by atoms with Crippen LogP contribution in [0.1, 0.15) is 70.5 Å². The van der Waals surface area contributed by atoms with Gasteiger partial charge in [0.25, 0.3) is 0 Å². The van der Waals surface area contributed by atoms with Crippen molar-refractivity contribution in [2.24, 2.45) is 28.9 Å². The number of rotatable bonds is 4. The molecule has 0 aliphatic heterocycles. The molecule has 5 rings (SSSR count). The second kappa shape index (κ2) is 4.55. The van der Waals surface area contributed by atoms with Crippen molar-refractivity contribution in [2.45, 2.75) is 70.8 Å². The highest BCUT2D eigenvalue weighted by atomic mass is 16.5. The van der Waals surface area contributed by atoms with E-state index in [2.05, 4.69) is 17.1 Å². The van der Waals surface area contributed by atoms with Gasteiger partial charge in [-0.2, -0.15) is 4.98 Å². The van der Waals surface area contributed by atoms with Crippen molar-refractivity contribution in [2.75, 3.05) is 0 Å². The Labute approximate surface area is 126 Å². The molecular weight excluding hydrogens is 262 g/mol. The van der Waals surface area contributed by atoms with Crippen LogP contribution in [-0.2, 0) is 12.0 Å². The van der Waals surface area contributed by atoms with Crippen LogP contribution < -0.4 is 5.73 Å². The van der Waals surface area contributed by atoms with E-state index in [0.717, 1.165) is 36.5 Å². The number of hydrogen-bond acceptors (Lipinski definition) is 4. The van der Waals surface area contributed by atoms with Gasteiger partial charge in [0.05, 0.1) is 5.54 Å². The molecule has 0 radical (unpaired) electrons. The Morgan fingerprint density at radius 3 is 2.29 bits per heavy atom. The molecule has 4 fully saturated rings. The molecule has 1 heterocycles. The maximum absolute atomic E-state index is 6.23. The molecule has 0 saturated heterocycles. The van der Waals surface area contributed by atoms with Crippen molar-refractivity contribution in [3.8, 4) is 0 Å². The van der Waals surface area contributed by atoms with Gasteiger partial charge in [0.2, 0.25) is 5.89 Å². The Hall–Kier alpha value is -0.900. The van der Waals surface area contributed by atoms with Crippen molar-refractivity contribution < 1.29 is 4.52 Å². The summed E-state index contributed by atoms with van der Waals surface area (Å²) in [7, 11) is 0. The van der Waals surface area contributed by atoms with Crippen LogP contribution in [0.2, 0.25) is 0 Å². The highest BCUT2D eigenvalue weighted by Gasteiger charge is 2.51. The van der Waals surface area contributed by atoms with Crippen LogP contribution in [-0.4, -0.2) is 10.1 Å². The first kappa shape index (κ1) is 13.7. The summed E-state index contributed by atoms with van der Waals surface area (Å²) in [6, 6.07) is 0. The van der Waals surface area contributed by atoms with E-state index in [9.17, 15) is 0 Å². The number of hydrogen-bond donors (Lipinski definition) is 1. The minimum absolute atomic E-state index is 0.454. The van der Waals surface area contributed by atoms with E-state index in [1.807, 2.05) is 6.92 Å². The van der Waals surface area contributed by atoms with Crippen LogP contribution in [0.4, 0.5) is 0 Å². The highest BCUT2D eigenvalue weighted by molar-refractivity contribution is 5.07. The molecule has 0 aromatic carbocycles. The molecule has 4 bridgehead atoms. The van der Waals surface area contributed by atoms with E-state index in [-0.39, 0.29) is 0 Å². The standard InChI is InChI=1S/C17H27N3O/c1-3-16(2,18)15-19-14(21-20-15)10-17-7-11-4-12(8-17)6-13(5-11)9-17/h11-13H,3-10,18H2,1-2H3. The number of nitrogens with two attached hydrogens (primary N) is 1. The number of nitrogens with zero attached hydrogens (tertiary/aromatic N) is 2. The van der Waals surface area contributed by atoms with Crippen molar-refractivity contribution >= 4 is 0 Å². The molecule has 0 amide bonds. The lowest BCUT2D eigenvalue weighted by Crippen LogP contribution is -2.47. The summed E-state index contributed by atoms with van der Waals surface area (Å²) in [6.45, 7) is 4.04. The molecule has 21 heavy (non-hydrogen) atoms. The van der Waals surface area contributed by atoms with E-state index in [0.29, 0.717) is 11.2 Å². The average molecular weight is 289 g/mol. The van der Waals surface area contributed by atoms with Crippen molar-refractivity contribution in [1.29, 1.82) is 0 Å². The van der Waals surface area contributed by atoms with E-state index in [4.69, 9.17) is 10.3 Å². The summed E-state index contributed by atoms with van der Waals surface area (Å²) < 4.78 is 5.55. The second-order valence-corrected chi connectivity index (χ2v) is 8.38. The maximum atomic E-state index is 6.23. The molecule has 2 N–H and O–H groups in total. The van der Waals surface area contributed by atoms with Crippen LogP contribution >= 0.6 is 0 Å². The van der Waals surface area contributed by atoms with Gasteiger partial charge in [0.1, 0.15) is 0 Å². The minimum atomic E-state index is -0.469. The Bertz CT molecular complexity index is 499. The normalized spacial score (nSPS) is 40.4. The monoisotopic (exact) mass is 289 g/mol. The van der Waals surface area contributed by atoms with E-state index in [1.54, 1.807) is 0 Å². The first-order valence-corrected chi connectivity index (χ1v) is 8.60. The Kier molecular flexibility index (Phi) is 2.97. The zero-order valence-corrected chi connectivity index (χ0v) is 13.3. The van der Waals surface area contributed by atoms with E-state index in [1.165, 1.54) is 38.5 Å². The first-order valence-electron chi connectivity index (χ1n) is 8.60. The molecule has 4 saturated carbocycles. The van der Waals surface area contributed by atoms with E-state index < -0.39 is 5.54 Å². The van der Waals surface area contributed by atoms with Gasteiger partial charge < -0.3 is 10.3 Å². The van der Waals surface area contributed by atoms with Gasteiger partial charge in [-0.1, -0.05) is 12.1 Å². The van der Waals surface area contributed by atoms with Gasteiger partial charge in [-0.25, -0.2) is 0 Å². The van der Waals surface area contributed by atoms with Gasteiger partial charge in [-0.15, -0.1) is 0 Å². The second-order valence-electron chi connectivity index (χ2n) is 8.38. The fourth-order valence-electron chi connectivity index (χ4n) is 5.54. The zero-order valence-electron chi connectivity index (χ0n) is 13.3. The Morgan fingerprint density at radius 2 is 1.76 bits per heavy atom. The lowest BCUT2D eigenvalue weighted by molar-refractivity contribution is -0.0556. The highest BCUT2D eigenvalue weighted by Crippen LogP contribution is 2.60. The molecule has 4 heteroatoms. The Balaban J connectivity index is 1.54. The van der Waals surface area contributed by atoms with Crippen LogP contribution in [0.15, 0.2) is 4.52 Å². The predicted octanol–water partition coefficient (Wildman–Crippen LogP) is 3.41. The smallest absolute Gasteiger partial charge is 0.227 e. The minimum Gasteiger partial charge on any atom is -0.339 e. The number of aromatic nitrogens is 2. The molecule has 1 aromatic heterocycles. The molecule has 1 atom stereocenters. The summed E-state index contributed by atoms with van der Waals surface area (Å²) in [4.78, 5) is 4.63. The lowest BCUT2D eigenvalue weighted by Gasteiger charge is -2.56. The van der Waals surface area contributed by atoms with Crippen LogP contribution in [0.5, 0.6) is 0 Å².